The Bertz CT molecular complexity index is 1340. The van der Waals surface area contributed by atoms with Gasteiger partial charge in [-0.1, -0.05) is 149 Å². The predicted molar refractivity (Wildman–Crippen MR) is 270 cm³/mol. The van der Waals surface area contributed by atoms with Crippen LogP contribution in [-0.4, -0.2) is 82.5 Å². The van der Waals surface area contributed by atoms with Crippen LogP contribution in [0.5, 0.6) is 0 Å². The second-order valence-electron chi connectivity index (χ2n) is 22.9. The fourth-order valence-corrected chi connectivity index (χ4v) is 13.7. The number of fused-ring (bicyclic) bond motifs is 5. The third kappa shape index (κ3) is 18.1. The smallest absolute Gasteiger partial charge is 0.432 e. The van der Waals surface area contributed by atoms with Crippen LogP contribution in [0.25, 0.3) is 0 Å². The molecule has 0 N–H and O–H groups in total. The first kappa shape index (κ1) is 54.5. The average molecular weight is 910 g/mol. The lowest BCUT2D eigenvalue weighted by atomic mass is 9.47. The quantitative estimate of drug-likeness (QED) is 0.0369. The number of ether oxygens (including phenoxy) is 5. The van der Waals surface area contributed by atoms with Crippen molar-refractivity contribution in [2.45, 2.75) is 234 Å². The minimum Gasteiger partial charge on any atom is -0.432 e. The van der Waals surface area contributed by atoms with E-state index in [-0.39, 0.29) is 24.2 Å². The summed E-state index contributed by atoms with van der Waals surface area (Å²) in [5.74, 6) is 5.00. The Morgan fingerprint density at radius 3 is 2.18 bits per heavy atom. The van der Waals surface area contributed by atoms with Crippen molar-refractivity contribution in [3.63, 3.8) is 0 Å². The summed E-state index contributed by atoms with van der Waals surface area (Å²) in [6, 6.07) is 0. The van der Waals surface area contributed by atoms with E-state index in [0.29, 0.717) is 31.8 Å². The standard InChI is InChI=1S/C58H103NO6/c1-7-8-9-10-11-12-13-14-15-16-17-18-19-20-21-25-39-62-46-51(45-59-37-23-22-24-38-59)63-42-40-61-41-43-64-56(60)65-50-33-35-57(5)49(44-50)29-30-52-54-32-31-53(48(4)28-26-27-47(2)3)58(54,6)36-34-55(52)57/h14-15,29,47-48,50-55H,7-13,16-28,30-46H2,1-6H3/b15-14-/t48-,50+,51?,52+,53-,54+,55+,57+,58-/m1/s1. The molecule has 4 fully saturated rings. The summed E-state index contributed by atoms with van der Waals surface area (Å²) in [6.45, 7) is 21.0. The molecule has 3 saturated carbocycles. The Morgan fingerprint density at radius 2 is 1.45 bits per heavy atom. The molecule has 4 aliphatic carbocycles. The van der Waals surface area contributed by atoms with Gasteiger partial charge in [0.2, 0.25) is 0 Å². The second kappa shape index (κ2) is 30.3. The molecule has 0 aromatic heterocycles. The monoisotopic (exact) mass is 910 g/mol. The van der Waals surface area contributed by atoms with Crippen LogP contribution in [0.1, 0.15) is 221 Å². The van der Waals surface area contributed by atoms with Gasteiger partial charge in [0.1, 0.15) is 12.7 Å². The normalized spacial score (nSPS) is 29.0. The lowest BCUT2D eigenvalue weighted by Crippen LogP contribution is -2.51. The number of carbonyl (C=O) groups excluding carboxylic acids is 1. The predicted octanol–water partition coefficient (Wildman–Crippen LogP) is 15.5. The third-order valence-corrected chi connectivity index (χ3v) is 17.6. The van der Waals surface area contributed by atoms with Crippen LogP contribution < -0.4 is 0 Å². The van der Waals surface area contributed by atoms with Crippen LogP contribution in [0.4, 0.5) is 4.79 Å². The van der Waals surface area contributed by atoms with Crippen molar-refractivity contribution in [3.8, 4) is 0 Å². The van der Waals surface area contributed by atoms with Crippen LogP contribution >= 0.6 is 0 Å². The van der Waals surface area contributed by atoms with Crippen LogP contribution in [0.15, 0.2) is 23.8 Å². The Morgan fingerprint density at radius 1 is 0.738 bits per heavy atom. The third-order valence-electron chi connectivity index (χ3n) is 17.6. The van der Waals surface area contributed by atoms with Gasteiger partial charge in [0.15, 0.2) is 0 Å². The number of piperidine rings is 1. The Hall–Kier alpha value is -1.41. The second-order valence-corrected chi connectivity index (χ2v) is 22.9. The molecule has 0 radical (unpaired) electrons. The van der Waals surface area contributed by atoms with Crippen molar-refractivity contribution in [2.24, 2.45) is 46.3 Å². The van der Waals surface area contributed by atoms with Crippen molar-refractivity contribution in [3.05, 3.63) is 23.8 Å². The molecule has 1 saturated heterocycles. The molecule has 7 nitrogen and oxygen atoms in total. The summed E-state index contributed by atoms with van der Waals surface area (Å²) < 4.78 is 29.8. The number of hydrogen-bond acceptors (Lipinski definition) is 7. The van der Waals surface area contributed by atoms with Crippen molar-refractivity contribution in [2.75, 3.05) is 59.3 Å². The van der Waals surface area contributed by atoms with Gasteiger partial charge < -0.3 is 28.6 Å². The SMILES string of the molecule is CCCCCCCC/C=C\CCCCCCCCOCC(CN1CCCCC1)OCCOCCOC(=O)O[C@H]1CC[C@@]2(C)C(=CC[C@H]3[C@@H]4CC[C@H]([C@H](C)CCCC(C)C)[C@@]4(C)CC[C@@H]32)C1. The molecule has 0 aromatic carbocycles. The highest BCUT2D eigenvalue weighted by molar-refractivity contribution is 5.60. The van der Waals surface area contributed by atoms with E-state index >= 15 is 0 Å². The van der Waals surface area contributed by atoms with E-state index in [1.165, 1.54) is 154 Å². The molecule has 0 amide bonds. The number of allylic oxidation sites excluding steroid dienone is 3. The Kier molecular flexibility index (Phi) is 25.4. The summed E-state index contributed by atoms with van der Waals surface area (Å²) >= 11 is 0. The molecule has 7 heteroatoms. The molecule has 376 valence electrons. The Balaban J connectivity index is 0.899. The molecule has 0 spiro atoms. The number of nitrogens with zero attached hydrogens (tertiary/aromatic N) is 1. The maximum Gasteiger partial charge on any atom is 0.508 e. The first-order chi connectivity index (χ1) is 31.6. The zero-order chi connectivity index (χ0) is 46.2. The maximum absolute atomic E-state index is 12.8. The zero-order valence-electron chi connectivity index (χ0n) is 43.4. The number of likely N-dealkylation sites (tertiary alicyclic amines) is 1. The van der Waals surface area contributed by atoms with Gasteiger partial charge in [-0.05, 0) is 149 Å². The highest BCUT2D eigenvalue weighted by atomic mass is 16.7. The summed E-state index contributed by atoms with van der Waals surface area (Å²) in [5.41, 5.74) is 2.30. The fraction of sp³-hybridized carbons (Fsp3) is 0.914. The van der Waals surface area contributed by atoms with Crippen molar-refractivity contribution < 1.29 is 28.5 Å². The lowest BCUT2D eigenvalue weighted by molar-refractivity contribution is -0.0648. The Labute approximate surface area is 401 Å². The molecule has 1 heterocycles. The molecule has 5 rings (SSSR count). The van der Waals surface area contributed by atoms with Gasteiger partial charge in [0.05, 0.1) is 32.5 Å². The number of hydrogen-bond donors (Lipinski definition) is 0. The van der Waals surface area contributed by atoms with E-state index in [1.807, 2.05) is 0 Å². The molecular weight excluding hydrogens is 807 g/mol. The van der Waals surface area contributed by atoms with Crippen LogP contribution in [-0.2, 0) is 23.7 Å². The number of carbonyl (C=O) groups is 1. The lowest BCUT2D eigenvalue weighted by Gasteiger charge is -2.58. The van der Waals surface area contributed by atoms with Crippen LogP contribution in [0.2, 0.25) is 0 Å². The minimum atomic E-state index is -0.554. The van der Waals surface area contributed by atoms with E-state index in [9.17, 15) is 4.79 Å². The van der Waals surface area contributed by atoms with Gasteiger partial charge in [0, 0.05) is 19.6 Å². The molecule has 65 heavy (non-hydrogen) atoms. The zero-order valence-corrected chi connectivity index (χ0v) is 43.4. The van der Waals surface area contributed by atoms with Crippen LogP contribution in [0.3, 0.4) is 0 Å². The van der Waals surface area contributed by atoms with Crippen molar-refractivity contribution in [1.82, 2.24) is 4.90 Å². The molecule has 1 aliphatic heterocycles. The summed E-state index contributed by atoms with van der Waals surface area (Å²) in [5, 5.41) is 0. The highest BCUT2D eigenvalue weighted by Crippen LogP contribution is 2.67. The van der Waals surface area contributed by atoms with Gasteiger partial charge in [-0.15, -0.1) is 0 Å². The average Bonchev–Trinajstić information content (AvgIpc) is 3.66. The van der Waals surface area contributed by atoms with Crippen LogP contribution in [0, 0.1) is 46.3 Å². The number of unbranched alkanes of at least 4 members (excludes halogenated alkanes) is 12. The van der Waals surface area contributed by atoms with Crippen molar-refractivity contribution in [1.29, 1.82) is 0 Å². The van der Waals surface area contributed by atoms with E-state index in [1.54, 1.807) is 5.57 Å². The summed E-state index contributed by atoms with van der Waals surface area (Å²) in [6.07, 6.45) is 43.1. The topological polar surface area (TPSA) is 66.5 Å². The fourth-order valence-electron chi connectivity index (χ4n) is 13.7. The number of rotatable bonds is 33. The van der Waals surface area contributed by atoms with E-state index in [4.69, 9.17) is 23.7 Å². The van der Waals surface area contributed by atoms with E-state index < -0.39 is 6.16 Å². The van der Waals surface area contributed by atoms with Gasteiger partial charge in [-0.3, -0.25) is 0 Å². The largest absolute Gasteiger partial charge is 0.508 e. The van der Waals surface area contributed by atoms with Gasteiger partial charge in [0.25, 0.3) is 0 Å². The summed E-state index contributed by atoms with van der Waals surface area (Å²) in [4.78, 5) is 15.4. The molecular formula is C58H103NO6. The minimum absolute atomic E-state index is 0.0472. The van der Waals surface area contributed by atoms with Gasteiger partial charge >= 0.3 is 6.16 Å². The first-order valence-corrected chi connectivity index (χ1v) is 28.3. The molecule has 1 unspecified atom stereocenters. The van der Waals surface area contributed by atoms with Crippen molar-refractivity contribution >= 4 is 6.16 Å². The summed E-state index contributed by atoms with van der Waals surface area (Å²) in [7, 11) is 0. The van der Waals surface area contributed by atoms with E-state index in [2.05, 4.69) is 64.7 Å². The highest BCUT2D eigenvalue weighted by Gasteiger charge is 2.59. The van der Waals surface area contributed by atoms with Gasteiger partial charge in [-0.2, -0.15) is 0 Å². The maximum atomic E-state index is 12.8. The molecule has 9 atom stereocenters. The van der Waals surface area contributed by atoms with E-state index in [0.717, 1.165) is 87.4 Å². The molecule has 0 aromatic rings. The first-order valence-electron chi connectivity index (χ1n) is 28.3. The van der Waals surface area contributed by atoms with Gasteiger partial charge in [-0.25, -0.2) is 4.79 Å². The molecule has 5 aliphatic rings. The molecule has 0 bridgehead atoms.